The first-order valence-corrected chi connectivity index (χ1v) is 5.58. The van der Waals surface area contributed by atoms with Gasteiger partial charge in [0.1, 0.15) is 0 Å². The molecule has 0 saturated heterocycles. The highest BCUT2D eigenvalue weighted by atomic mass is 16.4. The lowest BCUT2D eigenvalue weighted by molar-refractivity contribution is 0.516. The van der Waals surface area contributed by atoms with Crippen LogP contribution in [0.1, 0.15) is 17.3 Å². The largest absolute Gasteiger partial charge is 0.441 e. The Kier molecular flexibility index (Phi) is 2.11. The van der Waals surface area contributed by atoms with E-state index in [0.29, 0.717) is 0 Å². The number of nitrogens with zero attached hydrogens (tertiary/aromatic N) is 2. The monoisotopic (exact) mass is 217 g/mol. The molecule has 0 fully saturated rings. The molecular formula is C12H15N3O. The van der Waals surface area contributed by atoms with Crippen molar-refractivity contribution < 1.29 is 4.42 Å². The fourth-order valence-corrected chi connectivity index (χ4v) is 2.25. The van der Waals surface area contributed by atoms with Gasteiger partial charge in [-0.05, 0) is 13.0 Å². The summed E-state index contributed by atoms with van der Waals surface area (Å²) >= 11 is 0. The zero-order valence-electron chi connectivity index (χ0n) is 9.58. The lowest BCUT2D eigenvalue weighted by atomic mass is 10.2. The van der Waals surface area contributed by atoms with E-state index in [2.05, 4.69) is 27.1 Å². The van der Waals surface area contributed by atoms with Gasteiger partial charge >= 0.3 is 0 Å². The van der Waals surface area contributed by atoms with Crippen molar-refractivity contribution in [1.82, 2.24) is 14.9 Å². The summed E-state index contributed by atoms with van der Waals surface area (Å²) in [5.41, 5.74) is 3.42. The van der Waals surface area contributed by atoms with Gasteiger partial charge in [0.15, 0.2) is 11.7 Å². The third-order valence-electron chi connectivity index (χ3n) is 2.99. The number of rotatable bonds is 1. The second kappa shape index (κ2) is 3.49. The highest BCUT2D eigenvalue weighted by Crippen LogP contribution is 2.27. The zero-order valence-corrected chi connectivity index (χ0v) is 9.58. The Hall–Kier alpha value is -1.55. The Bertz CT molecular complexity index is 501. The van der Waals surface area contributed by atoms with Gasteiger partial charge in [-0.15, -0.1) is 0 Å². The van der Waals surface area contributed by atoms with Crippen LogP contribution in [-0.2, 0) is 13.1 Å². The molecule has 0 bridgehead atoms. The summed E-state index contributed by atoms with van der Waals surface area (Å²) in [5, 5.41) is 3.36. The molecule has 0 radical (unpaired) electrons. The Balaban J connectivity index is 2.06. The number of nitrogens with one attached hydrogen (secondary N) is 1. The summed E-state index contributed by atoms with van der Waals surface area (Å²) in [4.78, 5) is 4.30. The molecule has 1 aliphatic rings. The molecule has 4 nitrogen and oxygen atoms in total. The average molecular weight is 217 g/mol. The van der Waals surface area contributed by atoms with Crippen LogP contribution in [0.3, 0.4) is 0 Å². The fraction of sp³-hybridized carbons (Fsp3) is 0.417. The number of aryl methyl sites for hydroxylation is 2. The van der Waals surface area contributed by atoms with E-state index in [9.17, 15) is 0 Å². The standard InChI is InChI=1S/C12H15N3O/c1-8-12(16-9(2)14-8)10-5-11-6-13-3-4-15(11)7-10/h5,7,13H,3-4,6H2,1-2H3. The van der Waals surface area contributed by atoms with Crippen molar-refractivity contribution in [3.8, 4) is 11.3 Å². The smallest absolute Gasteiger partial charge is 0.192 e. The molecule has 16 heavy (non-hydrogen) atoms. The SMILES string of the molecule is Cc1nc(C)c(-c2cc3n(c2)CCNC3)o1. The van der Waals surface area contributed by atoms with E-state index < -0.39 is 0 Å². The topological polar surface area (TPSA) is 43.0 Å². The Morgan fingerprint density at radius 2 is 2.31 bits per heavy atom. The molecule has 0 atom stereocenters. The predicted octanol–water partition coefficient (Wildman–Crippen LogP) is 1.86. The minimum atomic E-state index is 0.731. The fourth-order valence-electron chi connectivity index (χ4n) is 2.25. The minimum absolute atomic E-state index is 0.731. The molecule has 84 valence electrons. The summed E-state index contributed by atoms with van der Waals surface area (Å²) < 4.78 is 7.91. The van der Waals surface area contributed by atoms with Gasteiger partial charge in [-0.25, -0.2) is 4.98 Å². The molecule has 4 heteroatoms. The van der Waals surface area contributed by atoms with E-state index in [1.807, 2.05) is 13.8 Å². The average Bonchev–Trinajstić information content (AvgIpc) is 2.81. The van der Waals surface area contributed by atoms with Gasteiger partial charge in [0.25, 0.3) is 0 Å². The normalized spacial score (nSPS) is 15.1. The van der Waals surface area contributed by atoms with Crippen LogP contribution in [0.15, 0.2) is 16.7 Å². The van der Waals surface area contributed by atoms with Crippen molar-refractivity contribution >= 4 is 0 Å². The van der Waals surface area contributed by atoms with E-state index in [1.54, 1.807) is 0 Å². The molecule has 3 heterocycles. The number of oxazole rings is 1. The van der Waals surface area contributed by atoms with Crippen molar-refractivity contribution in [1.29, 1.82) is 0 Å². The summed E-state index contributed by atoms with van der Waals surface area (Å²) in [5.74, 6) is 1.63. The summed E-state index contributed by atoms with van der Waals surface area (Å²) in [7, 11) is 0. The van der Waals surface area contributed by atoms with Gasteiger partial charge < -0.3 is 14.3 Å². The molecule has 0 aliphatic carbocycles. The van der Waals surface area contributed by atoms with Gasteiger partial charge in [0, 0.05) is 44.0 Å². The van der Waals surface area contributed by atoms with E-state index in [0.717, 1.165) is 42.5 Å². The van der Waals surface area contributed by atoms with Gasteiger partial charge in [0.2, 0.25) is 0 Å². The third-order valence-corrected chi connectivity index (χ3v) is 2.99. The van der Waals surface area contributed by atoms with Crippen molar-refractivity contribution in [2.75, 3.05) is 6.54 Å². The molecule has 2 aromatic heterocycles. The first-order chi connectivity index (χ1) is 7.74. The molecule has 2 aromatic rings. The maximum absolute atomic E-state index is 5.63. The van der Waals surface area contributed by atoms with Crippen LogP contribution in [0.25, 0.3) is 11.3 Å². The first-order valence-electron chi connectivity index (χ1n) is 5.58. The maximum Gasteiger partial charge on any atom is 0.192 e. The first kappa shape index (κ1) is 9.66. The van der Waals surface area contributed by atoms with E-state index in [-0.39, 0.29) is 0 Å². The quantitative estimate of drug-likeness (QED) is 0.793. The molecule has 0 saturated carbocycles. The second-order valence-electron chi connectivity index (χ2n) is 4.24. The highest BCUT2D eigenvalue weighted by molar-refractivity contribution is 5.60. The molecular weight excluding hydrogens is 202 g/mol. The lowest BCUT2D eigenvalue weighted by Crippen LogP contribution is -2.27. The van der Waals surface area contributed by atoms with Gasteiger partial charge in [0.05, 0.1) is 5.69 Å². The van der Waals surface area contributed by atoms with Crippen LogP contribution in [0.5, 0.6) is 0 Å². The zero-order chi connectivity index (χ0) is 11.1. The van der Waals surface area contributed by atoms with Crippen molar-refractivity contribution in [3.05, 3.63) is 29.5 Å². The van der Waals surface area contributed by atoms with Crippen molar-refractivity contribution in [2.24, 2.45) is 0 Å². The maximum atomic E-state index is 5.63. The molecule has 0 aromatic carbocycles. The number of fused-ring (bicyclic) bond motifs is 1. The minimum Gasteiger partial charge on any atom is -0.441 e. The lowest BCUT2D eigenvalue weighted by Gasteiger charge is -2.15. The van der Waals surface area contributed by atoms with E-state index in [4.69, 9.17) is 4.42 Å². The number of hydrogen-bond donors (Lipinski definition) is 1. The van der Waals surface area contributed by atoms with Gasteiger partial charge in [-0.1, -0.05) is 0 Å². The van der Waals surface area contributed by atoms with Crippen LogP contribution in [-0.4, -0.2) is 16.1 Å². The highest BCUT2D eigenvalue weighted by Gasteiger charge is 2.15. The van der Waals surface area contributed by atoms with Crippen LogP contribution in [0, 0.1) is 13.8 Å². The number of hydrogen-bond acceptors (Lipinski definition) is 3. The Morgan fingerprint density at radius 3 is 3.00 bits per heavy atom. The van der Waals surface area contributed by atoms with Crippen LogP contribution < -0.4 is 5.32 Å². The molecule has 0 spiro atoms. The van der Waals surface area contributed by atoms with E-state index >= 15 is 0 Å². The number of aromatic nitrogens is 2. The van der Waals surface area contributed by atoms with Gasteiger partial charge in [-0.2, -0.15) is 0 Å². The second-order valence-corrected chi connectivity index (χ2v) is 4.24. The molecule has 3 rings (SSSR count). The van der Waals surface area contributed by atoms with Crippen LogP contribution in [0.2, 0.25) is 0 Å². The van der Waals surface area contributed by atoms with Crippen molar-refractivity contribution in [3.63, 3.8) is 0 Å². The Morgan fingerprint density at radius 1 is 1.44 bits per heavy atom. The summed E-state index contributed by atoms with van der Waals surface area (Å²) in [6.45, 7) is 6.87. The summed E-state index contributed by atoms with van der Waals surface area (Å²) in [6.07, 6.45) is 2.16. The third kappa shape index (κ3) is 1.46. The molecule has 0 unspecified atom stereocenters. The molecule has 1 aliphatic heterocycles. The van der Waals surface area contributed by atoms with E-state index in [1.165, 1.54) is 5.69 Å². The molecule has 1 N–H and O–H groups in total. The van der Waals surface area contributed by atoms with Gasteiger partial charge in [-0.3, -0.25) is 0 Å². The predicted molar refractivity (Wildman–Crippen MR) is 61.1 cm³/mol. The molecule has 0 amide bonds. The van der Waals surface area contributed by atoms with Crippen LogP contribution >= 0.6 is 0 Å². The van der Waals surface area contributed by atoms with Crippen LogP contribution in [0.4, 0.5) is 0 Å². The van der Waals surface area contributed by atoms with Crippen molar-refractivity contribution in [2.45, 2.75) is 26.9 Å². The summed E-state index contributed by atoms with van der Waals surface area (Å²) in [6, 6.07) is 2.18. The Labute approximate surface area is 94.3 Å².